The molecular formula is C17H24N2O3. The summed E-state index contributed by atoms with van der Waals surface area (Å²) in [5.74, 6) is -0.0455. The number of hydrogen-bond donors (Lipinski definition) is 0. The van der Waals surface area contributed by atoms with E-state index in [2.05, 4.69) is 0 Å². The first-order valence-corrected chi connectivity index (χ1v) is 7.77. The van der Waals surface area contributed by atoms with Crippen molar-refractivity contribution in [1.82, 2.24) is 4.90 Å². The highest BCUT2D eigenvalue weighted by Gasteiger charge is 2.33. The summed E-state index contributed by atoms with van der Waals surface area (Å²) in [5, 5.41) is 0. The molecule has 1 fully saturated rings. The number of hydrogen-bond acceptors (Lipinski definition) is 3. The Morgan fingerprint density at radius 3 is 2.77 bits per heavy atom. The second-order valence-corrected chi connectivity index (χ2v) is 5.61. The van der Waals surface area contributed by atoms with Gasteiger partial charge in [0.25, 0.3) is 0 Å². The van der Waals surface area contributed by atoms with Crippen LogP contribution in [0.25, 0.3) is 0 Å². The molecule has 1 atom stereocenters. The fourth-order valence-electron chi connectivity index (χ4n) is 2.73. The van der Waals surface area contributed by atoms with Gasteiger partial charge in [0, 0.05) is 24.9 Å². The molecule has 1 aromatic rings. The van der Waals surface area contributed by atoms with Crippen LogP contribution in [0, 0.1) is 6.92 Å². The maximum absolute atomic E-state index is 12.4. The van der Waals surface area contributed by atoms with Crippen LogP contribution in [0.15, 0.2) is 24.3 Å². The van der Waals surface area contributed by atoms with Crippen molar-refractivity contribution < 1.29 is 14.3 Å². The van der Waals surface area contributed by atoms with Crippen LogP contribution in [-0.2, 0) is 14.3 Å². The minimum absolute atomic E-state index is 0.00596. The number of benzene rings is 1. The van der Waals surface area contributed by atoms with Crippen LogP contribution >= 0.6 is 0 Å². The van der Waals surface area contributed by atoms with Gasteiger partial charge in [-0.1, -0.05) is 18.2 Å². The molecule has 5 heteroatoms. The third-order valence-corrected chi connectivity index (χ3v) is 3.98. The van der Waals surface area contributed by atoms with Crippen molar-refractivity contribution in [2.75, 3.05) is 31.2 Å². The lowest BCUT2D eigenvalue weighted by Gasteiger charge is -2.40. The number of nitrogens with zero attached hydrogens (tertiary/aromatic N) is 2. The molecule has 5 nitrogen and oxygen atoms in total. The van der Waals surface area contributed by atoms with Gasteiger partial charge in [0.05, 0.1) is 13.0 Å². The second-order valence-electron chi connectivity index (χ2n) is 5.61. The van der Waals surface area contributed by atoms with E-state index in [1.807, 2.05) is 45.0 Å². The van der Waals surface area contributed by atoms with E-state index in [0.717, 1.165) is 11.3 Å². The second kappa shape index (κ2) is 7.40. The molecule has 120 valence electrons. The predicted octanol–water partition coefficient (Wildman–Crippen LogP) is 1.99. The molecule has 0 bridgehead atoms. The largest absolute Gasteiger partial charge is 0.381 e. The highest BCUT2D eigenvalue weighted by molar-refractivity contribution is 5.98. The van der Waals surface area contributed by atoms with Gasteiger partial charge in [0.15, 0.2) is 0 Å². The Labute approximate surface area is 131 Å². The van der Waals surface area contributed by atoms with E-state index in [-0.39, 0.29) is 24.4 Å². The number of ether oxygens (including phenoxy) is 1. The lowest BCUT2D eigenvalue weighted by atomic mass is 10.1. The summed E-state index contributed by atoms with van der Waals surface area (Å²) in [4.78, 5) is 28.1. The van der Waals surface area contributed by atoms with Gasteiger partial charge in [-0.2, -0.15) is 0 Å². The fourth-order valence-corrected chi connectivity index (χ4v) is 2.73. The maximum Gasteiger partial charge on any atom is 0.246 e. The summed E-state index contributed by atoms with van der Waals surface area (Å²) in [7, 11) is 0. The van der Waals surface area contributed by atoms with E-state index in [1.165, 1.54) is 0 Å². The van der Waals surface area contributed by atoms with E-state index in [9.17, 15) is 9.59 Å². The summed E-state index contributed by atoms with van der Waals surface area (Å²) in [6.07, 6.45) is 0.329. The smallest absolute Gasteiger partial charge is 0.246 e. The number of amides is 2. The molecule has 1 saturated heterocycles. The minimum atomic E-state index is -0.0304. The molecule has 0 aliphatic carbocycles. The number of piperazine rings is 1. The topological polar surface area (TPSA) is 49.9 Å². The van der Waals surface area contributed by atoms with E-state index < -0.39 is 0 Å². The highest BCUT2D eigenvalue weighted by atomic mass is 16.5. The molecule has 0 radical (unpaired) electrons. The summed E-state index contributed by atoms with van der Waals surface area (Å²) < 4.78 is 5.22. The van der Waals surface area contributed by atoms with E-state index >= 15 is 0 Å². The van der Waals surface area contributed by atoms with Gasteiger partial charge in [-0.25, -0.2) is 0 Å². The lowest BCUT2D eigenvalue weighted by molar-refractivity contribution is -0.140. The zero-order chi connectivity index (χ0) is 16.1. The first-order valence-electron chi connectivity index (χ1n) is 7.77. The molecule has 0 saturated carbocycles. The molecule has 0 aromatic heterocycles. The fraction of sp³-hybridized carbons (Fsp3) is 0.529. The number of rotatable bonds is 5. The lowest BCUT2D eigenvalue weighted by Crippen LogP contribution is -2.57. The third-order valence-electron chi connectivity index (χ3n) is 3.98. The van der Waals surface area contributed by atoms with E-state index in [1.54, 1.807) is 9.80 Å². The predicted molar refractivity (Wildman–Crippen MR) is 85.8 cm³/mol. The minimum Gasteiger partial charge on any atom is -0.381 e. The Balaban J connectivity index is 2.04. The van der Waals surface area contributed by atoms with Gasteiger partial charge in [-0.15, -0.1) is 0 Å². The summed E-state index contributed by atoms with van der Waals surface area (Å²) in [6, 6.07) is 7.84. The van der Waals surface area contributed by atoms with Crippen LogP contribution in [0.5, 0.6) is 0 Å². The standard InChI is InChI=1S/C17H24N2O3/c1-4-22-10-9-16(20)18-12-17(21)19(11-14(18)3)15-8-6-5-7-13(15)2/h5-8,14H,4,9-12H2,1-3H3/t14-/m0/s1. The third kappa shape index (κ3) is 3.65. The molecular weight excluding hydrogens is 280 g/mol. The van der Waals surface area contributed by atoms with Crippen LogP contribution in [0.1, 0.15) is 25.8 Å². The molecule has 1 aliphatic heterocycles. The quantitative estimate of drug-likeness (QED) is 0.782. The van der Waals surface area contributed by atoms with Gasteiger partial charge < -0.3 is 14.5 Å². The van der Waals surface area contributed by atoms with Crippen LogP contribution < -0.4 is 4.90 Å². The van der Waals surface area contributed by atoms with Crippen molar-refractivity contribution in [3.05, 3.63) is 29.8 Å². The van der Waals surface area contributed by atoms with Crippen LogP contribution in [0.2, 0.25) is 0 Å². The average Bonchev–Trinajstić information content (AvgIpc) is 2.50. The van der Waals surface area contributed by atoms with E-state index in [4.69, 9.17) is 4.74 Å². The van der Waals surface area contributed by atoms with Gasteiger partial charge >= 0.3 is 0 Å². The molecule has 2 amide bonds. The van der Waals surface area contributed by atoms with Gasteiger partial charge in [0.2, 0.25) is 11.8 Å². The summed E-state index contributed by atoms with van der Waals surface area (Å²) in [6.45, 7) is 7.56. The number of carbonyl (C=O) groups is 2. The normalized spacial score (nSPS) is 18.7. The zero-order valence-electron chi connectivity index (χ0n) is 13.5. The van der Waals surface area contributed by atoms with Gasteiger partial charge in [-0.3, -0.25) is 9.59 Å². The first kappa shape index (κ1) is 16.5. The molecule has 0 unspecified atom stereocenters. The van der Waals surface area contributed by atoms with Crippen LogP contribution in [-0.4, -0.2) is 49.1 Å². The number of aryl methyl sites for hydroxylation is 1. The Morgan fingerprint density at radius 1 is 1.36 bits per heavy atom. The maximum atomic E-state index is 12.4. The molecule has 1 heterocycles. The van der Waals surface area contributed by atoms with Gasteiger partial charge in [0.1, 0.15) is 6.54 Å². The Bertz CT molecular complexity index is 544. The molecule has 2 rings (SSSR count). The van der Waals surface area contributed by atoms with Crippen molar-refractivity contribution in [3.63, 3.8) is 0 Å². The number of para-hydroxylation sites is 1. The Kier molecular flexibility index (Phi) is 5.55. The van der Waals surface area contributed by atoms with Crippen molar-refractivity contribution in [1.29, 1.82) is 0 Å². The number of anilines is 1. The van der Waals surface area contributed by atoms with Crippen LogP contribution in [0.4, 0.5) is 5.69 Å². The summed E-state index contributed by atoms with van der Waals surface area (Å²) in [5.41, 5.74) is 2.00. The van der Waals surface area contributed by atoms with Crippen LogP contribution in [0.3, 0.4) is 0 Å². The van der Waals surface area contributed by atoms with Crippen molar-refractivity contribution in [2.24, 2.45) is 0 Å². The monoisotopic (exact) mass is 304 g/mol. The van der Waals surface area contributed by atoms with Gasteiger partial charge in [-0.05, 0) is 32.4 Å². The number of carbonyl (C=O) groups excluding carboxylic acids is 2. The van der Waals surface area contributed by atoms with Crippen molar-refractivity contribution in [3.8, 4) is 0 Å². The molecule has 22 heavy (non-hydrogen) atoms. The van der Waals surface area contributed by atoms with E-state index in [0.29, 0.717) is 26.2 Å². The molecule has 0 spiro atoms. The zero-order valence-corrected chi connectivity index (χ0v) is 13.5. The SMILES string of the molecule is CCOCCC(=O)N1CC(=O)N(c2ccccc2C)C[C@@H]1C. The summed E-state index contributed by atoms with van der Waals surface area (Å²) >= 11 is 0. The molecule has 0 N–H and O–H groups in total. The Hall–Kier alpha value is -1.88. The van der Waals surface area contributed by atoms with Crippen molar-refractivity contribution >= 4 is 17.5 Å². The molecule has 1 aromatic carbocycles. The molecule has 1 aliphatic rings. The van der Waals surface area contributed by atoms with Crippen molar-refractivity contribution in [2.45, 2.75) is 33.2 Å². The average molecular weight is 304 g/mol. The Morgan fingerprint density at radius 2 is 2.09 bits per heavy atom. The first-order chi connectivity index (χ1) is 10.5. The highest BCUT2D eigenvalue weighted by Crippen LogP contribution is 2.23.